The van der Waals surface area contributed by atoms with Crippen molar-refractivity contribution in [2.45, 2.75) is 37.7 Å². The lowest BCUT2D eigenvalue weighted by atomic mass is 9.92. The number of pyridine rings is 2. The Kier molecular flexibility index (Phi) is 5.58. The van der Waals surface area contributed by atoms with Crippen molar-refractivity contribution < 1.29 is 9.47 Å². The van der Waals surface area contributed by atoms with Crippen LogP contribution in [0, 0.1) is 4.91 Å². The first-order valence-corrected chi connectivity index (χ1v) is 9.57. The number of rotatable bonds is 5. The highest BCUT2D eigenvalue weighted by Gasteiger charge is 2.25. The van der Waals surface area contributed by atoms with Crippen LogP contribution in [0.5, 0.6) is 5.88 Å². The second-order valence-electron chi connectivity index (χ2n) is 7.05. The molecule has 0 saturated carbocycles. The number of hydrogen-bond acceptors (Lipinski definition) is 7. The van der Waals surface area contributed by atoms with Crippen LogP contribution in [0.1, 0.15) is 37.2 Å². The van der Waals surface area contributed by atoms with Gasteiger partial charge in [0.05, 0.1) is 6.20 Å². The minimum atomic E-state index is 0.158. The minimum Gasteiger partial charge on any atom is -0.474 e. The molecule has 0 atom stereocenters. The quantitative estimate of drug-likeness (QED) is 0.747. The zero-order chi connectivity index (χ0) is 18.5. The van der Waals surface area contributed by atoms with Crippen molar-refractivity contribution in [2.75, 3.05) is 31.2 Å². The smallest absolute Gasteiger partial charge is 0.217 e. The third-order valence-electron chi connectivity index (χ3n) is 5.34. The van der Waals surface area contributed by atoms with Crippen LogP contribution in [0.25, 0.3) is 0 Å². The number of nitroso groups, excluding NO2 is 1. The van der Waals surface area contributed by atoms with Crippen molar-refractivity contribution in [3.63, 3.8) is 0 Å². The molecule has 2 aliphatic rings. The van der Waals surface area contributed by atoms with Gasteiger partial charge in [0, 0.05) is 50.9 Å². The fourth-order valence-corrected chi connectivity index (χ4v) is 3.80. The van der Waals surface area contributed by atoms with Crippen molar-refractivity contribution >= 4 is 11.5 Å². The lowest BCUT2D eigenvalue weighted by Crippen LogP contribution is -2.39. The van der Waals surface area contributed by atoms with E-state index in [9.17, 15) is 4.91 Å². The van der Waals surface area contributed by atoms with Gasteiger partial charge in [0.25, 0.3) is 0 Å². The van der Waals surface area contributed by atoms with Gasteiger partial charge in [0.1, 0.15) is 17.6 Å². The molecule has 0 aromatic carbocycles. The van der Waals surface area contributed by atoms with Gasteiger partial charge in [0.2, 0.25) is 5.88 Å². The summed E-state index contributed by atoms with van der Waals surface area (Å²) in [6.45, 7) is 3.35. The SMILES string of the molecule is O=Nc1ccc(N2CCC(Oc3ncccc3C3CCOCC3)CC2)nc1. The van der Waals surface area contributed by atoms with E-state index in [1.807, 2.05) is 12.1 Å². The molecule has 2 fully saturated rings. The summed E-state index contributed by atoms with van der Waals surface area (Å²) in [5.41, 5.74) is 1.56. The fraction of sp³-hybridized carbons (Fsp3) is 0.500. The molecule has 0 aliphatic carbocycles. The minimum absolute atomic E-state index is 0.158. The summed E-state index contributed by atoms with van der Waals surface area (Å²) in [5, 5.41) is 2.90. The Labute approximate surface area is 158 Å². The van der Waals surface area contributed by atoms with Gasteiger partial charge in [-0.25, -0.2) is 9.97 Å². The standard InChI is InChI=1S/C20H24N4O3/c25-23-16-3-4-19(22-14-16)24-10-5-17(6-11-24)27-20-18(2-1-9-21-20)15-7-12-26-13-8-15/h1-4,9,14-15,17H,5-8,10-13H2. The summed E-state index contributed by atoms with van der Waals surface area (Å²) in [5.74, 6) is 2.13. The molecule has 2 aliphatic heterocycles. The molecule has 7 heteroatoms. The second-order valence-corrected chi connectivity index (χ2v) is 7.05. The number of ether oxygens (including phenoxy) is 2. The predicted molar refractivity (Wildman–Crippen MR) is 103 cm³/mol. The van der Waals surface area contributed by atoms with Crippen LogP contribution in [0.3, 0.4) is 0 Å². The summed E-state index contributed by atoms with van der Waals surface area (Å²) in [6.07, 6.45) is 7.36. The van der Waals surface area contributed by atoms with E-state index < -0.39 is 0 Å². The normalized spacial score (nSPS) is 19.0. The number of piperidine rings is 1. The second kappa shape index (κ2) is 8.43. The molecule has 0 bridgehead atoms. The summed E-state index contributed by atoms with van der Waals surface area (Å²) < 4.78 is 11.8. The Morgan fingerprint density at radius 2 is 1.89 bits per heavy atom. The van der Waals surface area contributed by atoms with Gasteiger partial charge in [0.15, 0.2) is 0 Å². The molecule has 2 aromatic heterocycles. The molecule has 0 N–H and O–H groups in total. The lowest BCUT2D eigenvalue weighted by Gasteiger charge is -2.33. The number of anilines is 1. The molecule has 0 unspecified atom stereocenters. The van der Waals surface area contributed by atoms with Crippen LogP contribution in [0.15, 0.2) is 41.8 Å². The maximum atomic E-state index is 10.5. The Balaban J connectivity index is 1.37. The van der Waals surface area contributed by atoms with Crippen molar-refractivity contribution in [2.24, 2.45) is 5.18 Å². The van der Waals surface area contributed by atoms with Crippen molar-refractivity contribution in [3.8, 4) is 5.88 Å². The van der Waals surface area contributed by atoms with Gasteiger partial charge in [-0.3, -0.25) is 0 Å². The van der Waals surface area contributed by atoms with Crippen molar-refractivity contribution in [1.29, 1.82) is 0 Å². The molecule has 27 heavy (non-hydrogen) atoms. The topological polar surface area (TPSA) is 76.9 Å². The van der Waals surface area contributed by atoms with Gasteiger partial charge in [-0.15, -0.1) is 4.91 Å². The Hall–Kier alpha value is -2.54. The van der Waals surface area contributed by atoms with Crippen LogP contribution < -0.4 is 9.64 Å². The monoisotopic (exact) mass is 368 g/mol. The van der Waals surface area contributed by atoms with E-state index in [1.54, 1.807) is 12.3 Å². The third-order valence-corrected chi connectivity index (χ3v) is 5.34. The van der Waals surface area contributed by atoms with E-state index in [-0.39, 0.29) is 6.10 Å². The first kappa shape index (κ1) is 17.9. The Bertz CT molecular complexity index is 754. The maximum Gasteiger partial charge on any atom is 0.217 e. The highest BCUT2D eigenvalue weighted by Crippen LogP contribution is 2.33. The number of hydrogen-bond donors (Lipinski definition) is 0. The highest BCUT2D eigenvalue weighted by molar-refractivity contribution is 5.45. The van der Waals surface area contributed by atoms with Gasteiger partial charge < -0.3 is 14.4 Å². The molecule has 0 amide bonds. The van der Waals surface area contributed by atoms with E-state index in [4.69, 9.17) is 9.47 Å². The van der Waals surface area contributed by atoms with Gasteiger partial charge >= 0.3 is 0 Å². The first-order valence-electron chi connectivity index (χ1n) is 9.57. The molecule has 4 rings (SSSR count). The number of aromatic nitrogens is 2. The Morgan fingerprint density at radius 1 is 1.07 bits per heavy atom. The summed E-state index contributed by atoms with van der Waals surface area (Å²) in [6, 6.07) is 7.68. The molecule has 0 radical (unpaired) electrons. The van der Waals surface area contributed by atoms with E-state index in [0.29, 0.717) is 11.6 Å². The molecule has 7 nitrogen and oxygen atoms in total. The van der Waals surface area contributed by atoms with Gasteiger partial charge in [-0.1, -0.05) is 6.07 Å². The maximum absolute atomic E-state index is 10.5. The van der Waals surface area contributed by atoms with E-state index >= 15 is 0 Å². The average Bonchev–Trinajstić information content (AvgIpc) is 2.75. The van der Waals surface area contributed by atoms with E-state index in [1.165, 1.54) is 11.8 Å². The van der Waals surface area contributed by atoms with Gasteiger partial charge in [-0.2, -0.15) is 0 Å². The fourth-order valence-electron chi connectivity index (χ4n) is 3.80. The average molecular weight is 368 g/mol. The lowest BCUT2D eigenvalue weighted by molar-refractivity contribution is 0.0833. The third kappa shape index (κ3) is 4.24. The summed E-state index contributed by atoms with van der Waals surface area (Å²) in [4.78, 5) is 21.6. The van der Waals surface area contributed by atoms with Crippen molar-refractivity contribution in [1.82, 2.24) is 9.97 Å². The molecule has 2 aromatic rings. The molecule has 2 saturated heterocycles. The number of nitrogens with zero attached hydrogens (tertiary/aromatic N) is 4. The summed E-state index contributed by atoms with van der Waals surface area (Å²) in [7, 11) is 0. The van der Waals surface area contributed by atoms with Crippen LogP contribution in [0.2, 0.25) is 0 Å². The van der Waals surface area contributed by atoms with Crippen LogP contribution >= 0.6 is 0 Å². The molecule has 142 valence electrons. The van der Waals surface area contributed by atoms with E-state index in [2.05, 4.69) is 26.1 Å². The van der Waals surface area contributed by atoms with Crippen molar-refractivity contribution in [3.05, 3.63) is 47.1 Å². The zero-order valence-electron chi connectivity index (χ0n) is 15.3. The van der Waals surface area contributed by atoms with Crippen LogP contribution in [-0.4, -0.2) is 42.4 Å². The molecular formula is C20H24N4O3. The molecule has 0 spiro atoms. The van der Waals surface area contributed by atoms with Gasteiger partial charge in [-0.05, 0) is 42.1 Å². The summed E-state index contributed by atoms with van der Waals surface area (Å²) >= 11 is 0. The largest absolute Gasteiger partial charge is 0.474 e. The molecular weight excluding hydrogens is 344 g/mol. The molecule has 4 heterocycles. The van der Waals surface area contributed by atoms with Crippen LogP contribution in [0.4, 0.5) is 11.5 Å². The highest BCUT2D eigenvalue weighted by atomic mass is 16.5. The van der Waals surface area contributed by atoms with Crippen LogP contribution in [-0.2, 0) is 4.74 Å². The predicted octanol–water partition coefficient (Wildman–Crippen LogP) is 3.82. The first-order chi connectivity index (χ1) is 13.3. The Morgan fingerprint density at radius 3 is 2.59 bits per heavy atom. The van der Waals surface area contributed by atoms with E-state index in [0.717, 1.165) is 63.7 Å². The zero-order valence-corrected chi connectivity index (χ0v) is 15.3.